The Balaban J connectivity index is 1.38. The van der Waals surface area contributed by atoms with E-state index < -0.39 is 0 Å². The van der Waals surface area contributed by atoms with Crippen LogP contribution >= 0.6 is 0 Å². The number of hydrogen-bond donors (Lipinski definition) is 1. The molecule has 1 amide bonds. The maximum atomic E-state index is 12.7. The van der Waals surface area contributed by atoms with Gasteiger partial charge in [0, 0.05) is 65.0 Å². The van der Waals surface area contributed by atoms with Crippen molar-refractivity contribution < 1.29 is 19.0 Å². The van der Waals surface area contributed by atoms with Crippen LogP contribution in [0.1, 0.15) is 39.0 Å². The lowest BCUT2D eigenvalue weighted by Crippen LogP contribution is -2.50. The Labute approximate surface area is 174 Å². The Bertz CT molecular complexity index is 511. The van der Waals surface area contributed by atoms with Crippen molar-refractivity contribution in [3.63, 3.8) is 0 Å². The predicted octanol–water partition coefficient (Wildman–Crippen LogP) is 1.11. The lowest BCUT2D eigenvalue weighted by Gasteiger charge is -2.36. The molecular formula is C21H38N4O4. The molecule has 8 heteroatoms. The second kappa shape index (κ2) is 12.3. The van der Waals surface area contributed by atoms with Crippen LogP contribution in [0, 0.1) is 5.92 Å². The minimum atomic E-state index is 0.139. The number of hydrogen-bond acceptors (Lipinski definition) is 5. The Kier molecular flexibility index (Phi) is 9.50. The molecule has 3 rings (SSSR count). The van der Waals surface area contributed by atoms with Gasteiger partial charge in [-0.2, -0.15) is 0 Å². The van der Waals surface area contributed by atoms with Gasteiger partial charge in [0.1, 0.15) is 0 Å². The Morgan fingerprint density at radius 1 is 1.00 bits per heavy atom. The van der Waals surface area contributed by atoms with Gasteiger partial charge in [0.05, 0.1) is 19.3 Å². The maximum Gasteiger partial charge on any atom is 0.225 e. The number of likely N-dealkylation sites (tertiary alicyclic amines) is 1. The normalized spacial score (nSPS) is 22.7. The monoisotopic (exact) mass is 410 g/mol. The van der Waals surface area contributed by atoms with Gasteiger partial charge in [-0.15, -0.1) is 0 Å². The van der Waals surface area contributed by atoms with Gasteiger partial charge in [-0.1, -0.05) is 0 Å². The van der Waals surface area contributed by atoms with E-state index in [9.17, 15) is 4.79 Å². The summed E-state index contributed by atoms with van der Waals surface area (Å²) in [7, 11) is 0. The summed E-state index contributed by atoms with van der Waals surface area (Å²) < 4.78 is 16.7. The smallest absolute Gasteiger partial charge is 0.225 e. The van der Waals surface area contributed by atoms with E-state index in [2.05, 4.69) is 17.1 Å². The molecule has 0 spiro atoms. The number of carbonyl (C=O) groups excluding carboxylic acids is 1. The summed E-state index contributed by atoms with van der Waals surface area (Å²) in [6.07, 6.45) is 5.08. The summed E-state index contributed by atoms with van der Waals surface area (Å²) in [6.45, 7) is 10.7. The molecular weight excluding hydrogens is 372 g/mol. The van der Waals surface area contributed by atoms with Crippen molar-refractivity contribution in [1.82, 2.24) is 15.1 Å². The third-order valence-corrected chi connectivity index (χ3v) is 5.89. The molecule has 8 nitrogen and oxygen atoms in total. The number of morpholine rings is 1. The topological polar surface area (TPSA) is 75.6 Å². The fraction of sp³-hybridized carbons (Fsp3) is 0.905. The van der Waals surface area contributed by atoms with Crippen molar-refractivity contribution >= 4 is 11.9 Å². The first-order valence-corrected chi connectivity index (χ1v) is 11.4. The second-order valence-electron chi connectivity index (χ2n) is 7.97. The Morgan fingerprint density at radius 2 is 1.69 bits per heavy atom. The van der Waals surface area contributed by atoms with Crippen molar-refractivity contribution in [2.45, 2.75) is 45.1 Å². The van der Waals surface area contributed by atoms with Gasteiger partial charge in [0.2, 0.25) is 5.91 Å². The largest absolute Gasteiger partial charge is 0.381 e. The summed E-state index contributed by atoms with van der Waals surface area (Å²) in [5.74, 6) is 1.41. The Hall–Kier alpha value is -1.38. The molecule has 166 valence electrons. The molecule has 0 saturated carbocycles. The molecule has 3 saturated heterocycles. The number of rotatable bonds is 7. The van der Waals surface area contributed by atoms with Crippen LogP contribution in [-0.2, 0) is 19.0 Å². The first kappa shape index (κ1) is 22.3. The van der Waals surface area contributed by atoms with Crippen LogP contribution in [0.2, 0.25) is 0 Å². The van der Waals surface area contributed by atoms with Gasteiger partial charge in [-0.3, -0.25) is 9.79 Å². The fourth-order valence-electron chi connectivity index (χ4n) is 4.15. The van der Waals surface area contributed by atoms with Gasteiger partial charge < -0.3 is 29.3 Å². The van der Waals surface area contributed by atoms with Crippen molar-refractivity contribution in [2.75, 3.05) is 72.3 Å². The van der Waals surface area contributed by atoms with Gasteiger partial charge in [-0.05, 0) is 39.0 Å². The van der Waals surface area contributed by atoms with Crippen molar-refractivity contribution in [1.29, 1.82) is 0 Å². The highest BCUT2D eigenvalue weighted by molar-refractivity contribution is 5.81. The van der Waals surface area contributed by atoms with Crippen molar-refractivity contribution in [3.8, 4) is 0 Å². The quantitative estimate of drug-likeness (QED) is 0.385. The van der Waals surface area contributed by atoms with Crippen LogP contribution in [0.15, 0.2) is 4.99 Å². The first-order valence-electron chi connectivity index (χ1n) is 11.4. The van der Waals surface area contributed by atoms with Crippen LogP contribution in [0.4, 0.5) is 0 Å². The van der Waals surface area contributed by atoms with Gasteiger partial charge in [0.15, 0.2) is 5.96 Å². The number of nitrogens with one attached hydrogen (secondary N) is 1. The molecule has 29 heavy (non-hydrogen) atoms. The molecule has 3 aliphatic rings. The Morgan fingerprint density at radius 3 is 2.38 bits per heavy atom. The van der Waals surface area contributed by atoms with Crippen LogP contribution < -0.4 is 5.32 Å². The van der Waals surface area contributed by atoms with E-state index in [0.717, 1.165) is 97.2 Å². The summed E-state index contributed by atoms with van der Waals surface area (Å²) in [5, 5.41) is 3.41. The summed E-state index contributed by atoms with van der Waals surface area (Å²) in [6, 6.07) is 0. The molecule has 1 N–H and O–H groups in total. The van der Waals surface area contributed by atoms with Gasteiger partial charge in [0.25, 0.3) is 0 Å². The third kappa shape index (κ3) is 7.12. The molecule has 3 aliphatic heterocycles. The van der Waals surface area contributed by atoms with E-state index in [4.69, 9.17) is 19.2 Å². The third-order valence-electron chi connectivity index (χ3n) is 5.89. The minimum absolute atomic E-state index is 0.139. The molecule has 0 aromatic rings. The van der Waals surface area contributed by atoms with E-state index >= 15 is 0 Å². The van der Waals surface area contributed by atoms with Gasteiger partial charge in [-0.25, -0.2) is 0 Å². The standard InChI is InChI=1S/C21H38N4O4/c1-2-22-21(23-8-3-13-29-19-6-14-27-15-7-19)25-9-4-18(5-10-25)20(26)24-11-16-28-17-12-24/h18-19H,2-17H2,1H3,(H,22,23). The molecule has 0 atom stereocenters. The van der Waals surface area contributed by atoms with Crippen LogP contribution in [0.5, 0.6) is 0 Å². The van der Waals surface area contributed by atoms with Crippen molar-refractivity contribution in [3.05, 3.63) is 0 Å². The molecule has 0 unspecified atom stereocenters. The summed E-state index contributed by atoms with van der Waals surface area (Å²) >= 11 is 0. The summed E-state index contributed by atoms with van der Waals surface area (Å²) in [5.41, 5.74) is 0. The van der Waals surface area contributed by atoms with Crippen LogP contribution in [0.3, 0.4) is 0 Å². The van der Waals surface area contributed by atoms with Gasteiger partial charge >= 0.3 is 0 Å². The zero-order chi connectivity index (χ0) is 20.3. The minimum Gasteiger partial charge on any atom is -0.381 e. The SMILES string of the molecule is CCNC(=NCCCOC1CCOCC1)N1CCC(C(=O)N2CCOCC2)CC1. The highest BCUT2D eigenvalue weighted by Gasteiger charge is 2.30. The number of guanidine groups is 1. The maximum absolute atomic E-state index is 12.7. The van der Waals surface area contributed by atoms with E-state index in [1.54, 1.807) is 0 Å². The van der Waals surface area contributed by atoms with E-state index in [-0.39, 0.29) is 5.92 Å². The number of ether oxygens (including phenoxy) is 3. The van der Waals surface area contributed by atoms with Crippen molar-refractivity contribution in [2.24, 2.45) is 10.9 Å². The number of aliphatic imine (C=N–C) groups is 1. The average Bonchev–Trinajstić information content (AvgIpc) is 2.79. The molecule has 0 aromatic heterocycles. The van der Waals surface area contributed by atoms with E-state index in [0.29, 0.717) is 25.2 Å². The number of amides is 1. The molecule has 3 heterocycles. The highest BCUT2D eigenvalue weighted by Crippen LogP contribution is 2.20. The molecule has 0 aliphatic carbocycles. The number of piperidine rings is 1. The summed E-state index contributed by atoms with van der Waals surface area (Å²) in [4.78, 5) is 21.8. The molecule has 0 bridgehead atoms. The first-order chi connectivity index (χ1) is 14.3. The lowest BCUT2D eigenvalue weighted by atomic mass is 9.95. The molecule has 0 radical (unpaired) electrons. The lowest BCUT2D eigenvalue weighted by molar-refractivity contribution is -0.140. The fourth-order valence-corrected chi connectivity index (χ4v) is 4.15. The van der Waals surface area contributed by atoms with Crippen LogP contribution in [-0.4, -0.2) is 100 Å². The highest BCUT2D eigenvalue weighted by atomic mass is 16.5. The van der Waals surface area contributed by atoms with E-state index in [1.165, 1.54) is 0 Å². The number of nitrogens with zero attached hydrogens (tertiary/aromatic N) is 3. The molecule has 3 fully saturated rings. The predicted molar refractivity (Wildman–Crippen MR) is 112 cm³/mol. The zero-order valence-electron chi connectivity index (χ0n) is 17.9. The molecule has 0 aromatic carbocycles. The van der Waals surface area contributed by atoms with E-state index in [1.807, 2.05) is 4.90 Å². The number of carbonyl (C=O) groups is 1. The van der Waals surface area contributed by atoms with Crippen LogP contribution in [0.25, 0.3) is 0 Å². The second-order valence-corrected chi connectivity index (χ2v) is 7.97. The zero-order valence-corrected chi connectivity index (χ0v) is 17.9. The average molecular weight is 411 g/mol.